The zero-order valence-electron chi connectivity index (χ0n) is 9.38. The van der Waals surface area contributed by atoms with Crippen molar-refractivity contribution in [1.29, 1.82) is 0 Å². The second-order valence-electron chi connectivity index (χ2n) is 4.96. The molecule has 0 aromatic carbocycles. The van der Waals surface area contributed by atoms with Gasteiger partial charge in [0.2, 0.25) is 0 Å². The van der Waals surface area contributed by atoms with Crippen LogP contribution in [-0.2, 0) is 6.18 Å². The lowest BCUT2D eigenvalue weighted by molar-refractivity contribution is -0.141. The molecule has 2 aliphatic rings. The molecule has 0 radical (unpaired) electrons. The monoisotopic (exact) mass is 244 g/mol. The highest BCUT2D eigenvalue weighted by atomic mass is 19.4. The number of nitrogens with zero attached hydrogens (tertiary/aromatic N) is 2. The van der Waals surface area contributed by atoms with Crippen LogP contribution in [0.3, 0.4) is 0 Å². The van der Waals surface area contributed by atoms with E-state index in [9.17, 15) is 18.0 Å². The number of hydrogen-bond donors (Lipinski definition) is 0. The molecule has 6 heteroatoms. The molecule has 2 atom stereocenters. The maximum Gasteiger partial charge on any atom is 0.435 e. The summed E-state index contributed by atoms with van der Waals surface area (Å²) >= 11 is 0. The number of carbonyl (C=O) groups is 1. The highest BCUT2D eigenvalue weighted by Gasteiger charge is 2.58. The van der Waals surface area contributed by atoms with E-state index in [2.05, 4.69) is 5.10 Å². The number of halogens is 3. The van der Waals surface area contributed by atoms with Crippen molar-refractivity contribution < 1.29 is 18.0 Å². The second-order valence-corrected chi connectivity index (χ2v) is 4.96. The molecule has 2 aliphatic carbocycles. The summed E-state index contributed by atoms with van der Waals surface area (Å²) in [5.41, 5.74) is -0.673. The Morgan fingerprint density at radius 1 is 1.35 bits per heavy atom. The van der Waals surface area contributed by atoms with Crippen molar-refractivity contribution in [3.05, 3.63) is 17.0 Å². The molecular formula is C11H11F3N2O. The summed E-state index contributed by atoms with van der Waals surface area (Å²) in [4.78, 5) is 11.8. The van der Waals surface area contributed by atoms with Crippen LogP contribution in [-0.4, -0.2) is 15.6 Å². The minimum absolute atomic E-state index is 0.0245. The Balaban J connectivity index is 2.24. The van der Waals surface area contributed by atoms with Crippen molar-refractivity contribution >= 4 is 5.78 Å². The van der Waals surface area contributed by atoms with E-state index in [0.717, 1.165) is 0 Å². The third-order valence-corrected chi connectivity index (χ3v) is 3.43. The smallest absolute Gasteiger partial charge is 0.294 e. The van der Waals surface area contributed by atoms with Gasteiger partial charge in [0, 0.05) is 17.9 Å². The quantitative estimate of drug-likeness (QED) is 0.761. The first-order valence-corrected chi connectivity index (χ1v) is 5.56. The number of rotatable bonds is 1. The first-order valence-electron chi connectivity index (χ1n) is 5.56. The van der Waals surface area contributed by atoms with Crippen molar-refractivity contribution in [2.75, 3.05) is 0 Å². The summed E-state index contributed by atoms with van der Waals surface area (Å²) in [5, 5.41) is 3.60. The fourth-order valence-electron chi connectivity index (χ4n) is 2.61. The van der Waals surface area contributed by atoms with E-state index < -0.39 is 11.9 Å². The molecule has 92 valence electrons. The van der Waals surface area contributed by atoms with Crippen molar-refractivity contribution in [1.82, 2.24) is 9.78 Å². The summed E-state index contributed by atoms with van der Waals surface area (Å²) in [6.45, 7) is 3.54. The highest BCUT2D eigenvalue weighted by Crippen LogP contribution is 2.58. The first kappa shape index (κ1) is 10.8. The normalized spacial score (nSPS) is 26.4. The Morgan fingerprint density at radius 3 is 2.53 bits per heavy atom. The molecule has 0 saturated heterocycles. The molecule has 0 N–H and O–H groups in total. The van der Waals surface area contributed by atoms with E-state index >= 15 is 0 Å². The lowest BCUT2D eigenvalue weighted by atomic mass is 10.1. The van der Waals surface area contributed by atoms with Crippen LogP contribution in [0.5, 0.6) is 0 Å². The predicted molar refractivity (Wildman–Crippen MR) is 52.8 cm³/mol. The Hall–Kier alpha value is -1.33. The molecule has 1 heterocycles. The van der Waals surface area contributed by atoms with Crippen LogP contribution in [0.4, 0.5) is 13.2 Å². The maximum atomic E-state index is 12.8. The fourth-order valence-corrected chi connectivity index (χ4v) is 2.61. The molecule has 0 spiro atoms. The number of Topliss-reactive ketones (excluding diaryl/α,β-unsaturated/α-hetero) is 1. The number of ketones is 1. The summed E-state index contributed by atoms with van der Waals surface area (Å²) in [7, 11) is 0. The molecule has 1 aromatic rings. The highest BCUT2D eigenvalue weighted by molar-refractivity contribution is 6.06. The van der Waals surface area contributed by atoms with Gasteiger partial charge in [-0.05, 0) is 20.3 Å². The summed E-state index contributed by atoms with van der Waals surface area (Å²) in [6.07, 6.45) is -3.86. The third kappa shape index (κ3) is 1.29. The lowest BCUT2D eigenvalue weighted by Gasteiger charge is -2.09. The Labute approximate surface area is 95.6 Å². The summed E-state index contributed by atoms with van der Waals surface area (Å²) in [6, 6.07) is -0.160. The van der Waals surface area contributed by atoms with Gasteiger partial charge in [0.15, 0.2) is 11.5 Å². The van der Waals surface area contributed by atoms with Crippen molar-refractivity contribution in [3.63, 3.8) is 0 Å². The van der Waals surface area contributed by atoms with Gasteiger partial charge in [0.05, 0.1) is 11.3 Å². The number of hydrogen-bond acceptors (Lipinski definition) is 2. The summed E-state index contributed by atoms with van der Waals surface area (Å²) < 4.78 is 39.8. The van der Waals surface area contributed by atoms with E-state index in [1.807, 2.05) is 0 Å². The van der Waals surface area contributed by atoms with E-state index in [1.165, 1.54) is 4.68 Å². The number of aromatic nitrogens is 2. The molecule has 17 heavy (non-hydrogen) atoms. The van der Waals surface area contributed by atoms with Gasteiger partial charge < -0.3 is 0 Å². The van der Waals surface area contributed by atoms with Crippen LogP contribution in [0.1, 0.15) is 54.0 Å². The van der Waals surface area contributed by atoms with Gasteiger partial charge in [-0.2, -0.15) is 18.3 Å². The second kappa shape index (κ2) is 2.91. The predicted octanol–water partition coefficient (Wildman–Crippen LogP) is 2.78. The average Bonchev–Trinajstić information content (AvgIpc) is 2.77. The standard InChI is InChI=1S/C11H11F3N2O/c1-4(2)16-8-5-3-6(5)9(17)7(8)10(15-16)11(12,13)14/h4-6H,3H2,1-2H3. The molecule has 1 saturated carbocycles. The minimum Gasteiger partial charge on any atom is -0.294 e. The van der Waals surface area contributed by atoms with E-state index in [4.69, 9.17) is 0 Å². The topological polar surface area (TPSA) is 34.9 Å². The zero-order valence-corrected chi connectivity index (χ0v) is 9.38. The number of alkyl halides is 3. The minimum atomic E-state index is -4.54. The molecule has 1 fully saturated rings. The van der Waals surface area contributed by atoms with E-state index in [1.54, 1.807) is 13.8 Å². The first-order chi connectivity index (χ1) is 7.82. The van der Waals surface area contributed by atoms with Gasteiger partial charge in [0.25, 0.3) is 0 Å². The zero-order chi connectivity index (χ0) is 12.5. The van der Waals surface area contributed by atoms with Crippen LogP contribution < -0.4 is 0 Å². The SMILES string of the molecule is CC(C)n1nc(C(F)(F)F)c2c1C1CC1C2=O. The Kier molecular flexibility index (Phi) is 1.85. The van der Waals surface area contributed by atoms with Crippen molar-refractivity contribution in [3.8, 4) is 0 Å². The Bertz CT molecular complexity index is 516. The van der Waals surface area contributed by atoms with Gasteiger partial charge in [-0.15, -0.1) is 0 Å². The van der Waals surface area contributed by atoms with E-state index in [-0.39, 0.29) is 29.2 Å². The fraction of sp³-hybridized carbons (Fsp3) is 0.636. The molecule has 2 unspecified atom stereocenters. The number of fused-ring (bicyclic) bond motifs is 3. The average molecular weight is 244 g/mol. The van der Waals surface area contributed by atoms with Crippen LogP contribution in [0.2, 0.25) is 0 Å². The molecule has 0 bridgehead atoms. The van der Waals surface area contributed by atoms with E-state index in [0.29, 0.717) is 12.1 Å². The van der Waals surface area contributed by atoms with Crippen LogP contribution in [0.15, 0.2) is 0 Å². The van der Waals surface area contributed by atoms with Gasteiger partial charge >= 0.3 is 6.18 Å². The van der Waals surface area contributed by atoms with Gasteiger partial charge in [0.1, 0.15) is 0 Å². The van der Waals surface area contributed by atoms with Gasteiger partial charge in [-0.25, -0.2) is 0 Å². The van der Waals surface area contributed by atoms with Crippen LogP contribution >= 0.6 is 0 Å². The maximum absolute atomic E-state index is 12.8. The summed E-state index contributed by atoms with van der Waals surface area (Å²) in [5.74, 6) is -0.609. The molecular weight excluding hydrogens is 233 g/mol. The number of carbonyl (C=O) groups excluding carboxylic acids is 1. The molecule has 0 aliphatic heterocycles. The van der Waals surface area contributed by atoms with Crippen LogP contribution in [0, 0.1) is 5.92 Å². The largest absolute Gasteiger partial charge is 0.435 e. The van der Waals surface area contributed by atoms with Crippen LogP contribution in [0.25, 0.3) is 0 Å². The van der Waals surface area contributed by atoms with Crippen molar-refractivity contribution in [2.45, 2.75) is 38.4 Å². The lowest BCUT2D eigenvalue weighted by Crippen LogP contribution is -2.13. The van der Waals surface area contributed by atoms with Crippen molar-refractivity contribution in [2.24, 2.45) is 5.92 Å². The van der Waals surface area contributed by atoms with Gasteiger partial charge in [-0.3, -0.25) is 9.48 Å². The molecule has 3 rings (SSSR count). The van der Waals surface area contributed by atoms with Gasteiger partial charge in [-0.1, -0.05) is 0 Å². The molecule has 0 amide bonds. The third-order valence-electron chi connectivity index (χ3n) is 3.43. The molecule has 3 nitrogen and oxygen atoms in total. The Morgan fingerprint density at radius 2 is 2.00 bits per heavy atom. The molecule has 1 aromatic heterocycles.